The van der Waals surface area contributed by atoms with Gasteiger partial charge in [0.2, 0.25) is 0 Å². The van der Waals surface area contributed by atoms with E-state index in [1.165, 1.54) is 5.69 Å². The zero-order valence-corrected chi connectivity index (χ0v) is 16.3. The third-order valence-corrected chi connectivity index (χ3v) is 5.60. The summed E-state index contributed by atoms with van der Waals surface area (Å²) in [6.45, 7) is 0.826. The molecular weight excluding hydrogens is 358 g/mol. The molecule has 7 heteroatoms. The van der Waals surface area contributed by atoms with Gasteiger partial charge in [-0.3, -0.25) is 9.88 Å². The van der Waals surface area contributed by atoms with E-state index < -0.39 is 0 Å². The Hall–Kier alpha value is -2.35. The molecule has 6 nitrogen and oxygen atoms in total. The molecule has 1 saturated heterocycles. The van der Waals surface area contributed by atoms with Crippen molar-refractivity contribution in [2.24, 2.45) is 0 Å². The number of thioether (sulfide) groups is 1. The van der Waals surface area contributed by atoms with Gasteiger partial charge in [-0.2, -0.15) is 0 Å². The standard InChI is InChI=1S/C20H23N5OS/c1-24(2)16-10-8-15(9-11-16)19-21-12-18(26-19)13-27-20-23-22-14-25(20)17-6-4-3-5-7-17/h3-11,14,18-19,21H,12-13H2,1-2H3/t18-,19+/m0/s1. The Balaban J connectivity index is 1.35. The molecule has 0 spiro atoms. The van der Waals surface area contributed by atoms with Crippen molar-refractivity contribution >= 4 is 17.4 Å². The topological polar surface area (TPSA) is 55.2 Å². The number of ether oxygens (including phenoxy) is 1. The van der Waals surface area contributed by atoms with E-state index in [1.54, 1.807) is 18.1 Å². The van der Waals surface area contributed by atoms with E-state index in [0.717, 1.165) is 28.7 Å². The van der Waals surface area contributed by atoms with Crippen LogP contribution < -0.4 is 10.2 Å². The summed E-state index contributed by atoms with van der Waals surface area (Å²) in [6, 6.07) is 18.6. The first-order valence-electron chi connectivity index (χ1n) is 8.95. The molecule has 0 saturated carbocycles. The summed E-state index contributed by atoms with van der Waals surface area (Å²) >= 11 is 1.67. The first kappa shape index (κ1) is 18.0. The van der Waals surface area contributed by atoms with Crippen LogP contribution in [0.5, 0.6) is 0 Å². The van der Waals surface area contributed by atoms with Crippen LogP contribution in [0.3, 0.4) is 0 Å². The minimum atomic E-state index is -0.0567. The van der Waals surface area contributed by atoms with Crippen LogP contribution in [0, 0.1) is 0 Å². The SMILES string of the molecule is CN(C)c1ccc([C@@H]2NC[C@@H](CSc3nncn3-c3ccccc3)O2)cc1. The van der Waals surface area contributed by atoms with Crippen molar-refractivity contribution in [3.63, 3.8) is 0 Å². The molecule has 1 aromatic heterocycles. The lowest BCUT2D eigenvalue weighted by molar-refractivity contribution is 0.0534. The van der Waals surface area contributed by atoms with Gasteiger partial charge in [-0.25, -0.2) is 0 Å². The van der Waals surface area contributed by atoms with Gasteiger partial charge in [0.1, 0.15) is 12.6 Å². The molecule has 4 rings (SSSR count). The Morgan fingerprint density at radius 1 is 1.15 bits per heavy atom. The minimum Gasteiger partial charge on any atom is -0.378 e. The summed E-state index contributed by atoms with van der Waals surface area (Å²) in [6.07, 6.45) is 1.83. The Kier molecular flexibility index (Phi) is 5.42. The van der Waals surface area contributed by atoms with Crippen LogP contribution in [-0.2, 0) is 4.74 Å². The second-order valence-corrected chi connectivity index (χ2v) is 7.65. The summed E-state index contributed by atoms with van der Waals surface area (Å²) < 4.78 is 8.19. The maximum Gasteiger partial charge on any atom is 0.195 e. The molecule has 140 valence electrons. The van der Waals surface area contributed by atoms with Gasteiger partial charge in [-0.1, -0.05) is 42.1 Å². The fourth-order valence-electron chi connectivity index (χ4n) is 3.03. The van der Waals surface area contributed by atoms with Gasteiger partial charge in [0.05, 0.1) is 6.10 Å². The molecule has 0 aliphatic carbocycles. The van der Waals surface area contributed by atoms with E-state index in [4.69, 9.17) is 4.74 Å². The van der Waals surface area contributed by atoms with Crippen LogP contribution in [0.15, 0.2) is 66.1 Å². The Bertz CT molecular complexity index is 866. The Labute approximate surface area is 163 Å². The van der Waals surface area contributed by atoms with Crippen molar-refractivity contribution in [2.45, 2.75) is 17.5 Å². The van der Waals surface area contributed by atoms with Gasteiger partial charge >= 0.3 is 0 Å². The van der Waals surface area contributed by atoms with E-state index in [-0.39, 0.29) is 12.3 Å². The van der Waals surface area contributed by atoms with E-state index in [9.17, 15) is 0 Å². The molecule has 0 unspecified atom stereocenters. The zero-order valence-electron chi connectivity index (χ0n) is 15.4. The Morgan fingerprint density at radius 2 is 1.93 bits per heavy atom. The number of rotatable bonds is 6. The lowest BCUT2D eigenvalue weighted by atomic mass is 10.2. The van der Waals surface area contributed by atoms with Crippen molar-refractivity contribution in [3.8, 4) is 5.69 Å². The maximum absolute atomic E-state index is 6.19. The van der Waals surface area contributed by atoms with Gasteiger partial charge in [-0.05, 0) is 29.8 Å². The number of anilines is 1. The minimum absolute atomic E-state index is 0.0567. The summed E-state index contributed by atoms with van der Waals surface area (Å²) in [7, 11) is 4.08. The second kappa shape index (κ2) is 8.12. The number of aromatic nitrogens is 3. The average molecular weight is 382 g/mol. The van der Waals surface area contributed by atoms with Crippen LogP contribution in [0.2, 0.25) is 0 Å². The van der Waals surface area contributed by atoms with Crippen molar-refractivity contribution in [1.29, 1.82) is 0 Å². The molecule has 0 radical (unpaired) electrons. The van der Waals surface area contributed by atoms with Crippen LogP contribution in [0.25, 0.3) is 5.69 Å². The monoisotopic (exact) mass is 381 g/mol. The van der Waals surface area contributed by atoms with Crippen molar-refractivity contribution in [1.82, 2.24) is 20.1 Å². The van der Waals surface area contributed by atoms with Gasteiger partial charge < -0.3 is 9.64 Å². The molecule has 2 atom stereocenters. The molecule has 1 aliphatic heterocycles. The highest BCUT2D eigenvalue weighted by Crippen LogP contribution is 2.27. The van der Waals surface area contributed by atoms with Crippen LogP contribution >= 0.6 is 11.8 Å². The van der Waals surface area contributed by atoms with Crippen molar-refractivity contribution in [2.75, 3.05) is 31.3 Å². The van der Waals surface area contributed by atoms with E-state index >= 15 is 0 Å². The molecule has 27 heavy (non-hydrogen) atoms. The fourth-order valence-corrected chi connectivity index (χ4v) is 3.95. The van der Waals surface area contributed by atoms with E-state index in [1.807, 2.05) is 36.9 Å². The third-order valence-electron chi connectivity index (χ3n) is 4.52. The van der Waals surface area contributed by atoms with Gasteiger partial charge in [0.25, 0.3) is 0 Å². The third kappa shape index (κ3) is 4.16. The highest BCUT2D eigenvalue weighted by molar-refractivity contribution is 7.99. The van der Waals surface area contributed by atoms with Crippen molar-refractivity contribution < 1.29 is 4.74 Å². The number of para-hydroxylation sites is 1. The molecule has 0 bridgehead atoms. The number of hydrogen-bond acceptors (Lipinski definition) is 6. The van der Waals surface area contributed by atoms with Gasteiger partial charge in [0, 0.05) is 37.8 Å². The highest BCUT2D eigenvalue weighted by atomic mass is 32.2. The van der Waals surface area contributed by atoms with Gasteiger partial charge in [-0.15, -0.1) is 10.2 Å². The molecular formula is C20H23N5OS. The predicted octanol–water partition coefficient (Wildman–Crippen LogP) is 3.11. The first-order valence-corrected chi connectivity index (χ1v) is 9.93. The average Bonchev–Trinajstić information content (AvgIpc) is 3.36. The van der Waals surface area contributed by atoms with E-state index in [0.29, 0.717) is 0 Å². The van der Waals surface area contributed by atoms with E-state index in [2.05, 4.69) is 56.8 Å². The maximum atomic E-state index is 6.19. The Morgan fingerprint density at radius 3 is 2.67 bits per heavy atom. The molecule has 2 aromatic carbocycles. The lowest BCUT2D eigenvalue weighted by Gasteiger charge is -2.16. The summed E-state index contributed by atoms with van der Waals surface area (Å²) in [5.74, 6) is 0.824. The highest BCUT2D eigenvalue weighted by Gasteiger charge is 2.26. The quantitative estimate of drug-likeness (QED) is 0.662. The first-order chi connectivity index (χ1) is 13.2. The smallest absolute Gasteiger partial charge is 0.195 e. The van der Waals surface area contributed by atoms with Crippen LogP contribution in [0.4, 0.5) is 5.69 Å². The lowest BCUT2D eigenvalue weighted by Crippen LogP contribution is -2.17. The fraction of sp³-hybridized carbons (Fsp3) is 0.300. The molecule has 1 N–H and O–H groups in total. The zero-order chi connectivity index (χ0) is 18.6. The molecule has 3 aromatic rings. The molecule has 1 aliphatic rings. The van der Waals surface area contributed by atoms with Crippen molar-refractivity contribution in [3.05, 3.63) is 66.5 Å². The van der Waals surface area contributed by atoms with Gasteiger partial charge in [0.15, 0.2) is 5.16 Å². The van der Waals surface area contributed by atoms with Crippen LogP contribution in [-0.4, -0.2) is 47.3 Å². The van der Waals surface area contributed by atoms with Crippen LogP contribution in [0.1, 0.15) is 11.8 Å². The summed E-state index contributed by atoms with van der Waals surface area (Å²) in [4.78, 5) is 2.09. The number of nitrogens with zero attached hydrogens (tertiary/aromatic N) is 4. The number of benzene rings is 2. The summed E-state index contributed by atoms with van der Waals surface area (Å²) in [5.41, 5.74) is 3.40. The second-order valence-electron chi connectivity index (χ2n) is 6.66. The molecule has 1 fully saturated rings. The summed E-state index contributed by atoms with van der Waals surface area (Å²) in [5, 5.41) is 12.6. The largest absolute Gasteiger partial charge is 0.378 e. The number of hydrogen-bond donors (Lipinski definition) is 1. The molecule has 0 amide bonds. The predicted molar refractivity (Wildman–Crippen MR) is 108 cm³/mol. The molecule has 2 heterocycles. The normalized spacial score (nSPS) is 19.3. The number of nitrogens with one attached hydrogen (secondary N) is 1.